The van der Waals surface area contributed by atoms with Crippen molar-refractivity contribution >= 4 is 5.91 Å². The molecule has 1 aliphatic rings. The van der Waals surface area contributed by atoms with Gasteiger partial charge in [-0.1, -0.05) is 12.1 Å². The zero-order valence-electron chi connectivity index (χ0n) is 14.0. The summed E-state index contributed by atoms with van der Waals surface area (Å²) >= 11 is 0. The van der Waals surface area contributed by atoms with Crippen molar-refractivity contribution in [1.29, 1.82) is 0 Å². The molecule has 1 amide bonds. The summed E-state index contributed by atoms with van der Waals surface area (Å²) in [5.74, 6) is -4.04. The molecule has 0 aromatic heterocycles. The van der Waals surface area contributed by atoms with E-state index in [1.165, 1.54) is 0 Å². The maximum absolute atomic E-state index is 13.4. The molecule has 1 saturated heterocycles. The van der Waals surface area contributed by atoms with Gasteiger partial charge in [0, 0.05) is 30.7 Å². The minimum atomic E-state index is -1.49. The molecule has 0 saturated carbocycles. The van der Waals surface area contributed by atoms with Gasteiger partial charge in [-0.25, -0.2) is 13.2 Å². The van der Waals surface area contributed by atoms with Crippen LogP contribution < -0.4 is 5.32 Å². The molecule has 3 nitrogen and oxygen atoms in total. The topological polar surface area (TPSA) is 32.3 Å². The van der Waals surface area contributed by atoms with Gasteiger partial charge >= 0.3 is 0 Å². The maximum Gasteiger partial charge on any atom is 0.254 e. The second-order valence-electron chi connectivity index (χ2n) is 6.31. The summed E-state index contributed by atoms with van der Waals surface area (Å²) in [6.45, 7) is 5.39. The number of carbonyl (C=O) groups is 1. The summed E-state index contributed by atoms with van der Waals surface area (Å²) in [6.07, 6.45) is 0. The van der Waals surface area contributed by atoms with E-state index in [9.17, 15) is 18.0 Å². The van der Waals surface area contributed by atoms with E-state index >= 15 is 0 Å². The zero-order chi connectivity index (χ0) is 18.1. The molecule has 0 bridgehead atoms. The van der Waals surface area contributed by atoms with Crippen molar-refractivity contribution in [2.24, 2.45) is 0 Å². The number of benzene rings is 2. The summed E-state index contributed by atoms with van der Waals surface area (Å²) in [4.78, 5) is 14.5. The Kier molecular flexibility index (Phi) is 4.81. The SMILES string of the molecule is CC1NCCN(C(=O)c2ccc(-c3cc(F)c(F)c(F)c3)cc2)C1C. The minimum Gasteiger partial charge on any atom is -0.333 e. The molecule has 0 aliphatic carbocycles. The Morgan fingerprint density at radius 1 is 1.04 bits per heavy atom. The predicted octanol–water partition coefficient (Wildman–Crippen LogP) is 3.59. The van der Waals surface area contributed by atoms with Crippen molar-refractivity contribution in [3.8, 4) is 11.1 Å². The second-order valence-corrected chi connectivity index (χ2v) is 6.31. The standard InChI is InChI=1S/C19H19F3N2O/c1-11-12(2)24(8-7-23-11)19(25)14-5-3-13(4-6-14)15-9-16(20)18(22)17(21)10-15/h3-6,9-12,23H,7-8H2,1-2H3. The molecular weight excluding hydrogens is 329 g/mol. The lowest BCUT2D eigenvalue weighted by Crippen LogP contribution is -2.57. The highest BCUT2D eigenvalue weighted by Crippen LogP contribution is 2.25. The van der Waals surface area contributed by atoms with Crippen LogP contribution in [0.4, 0.5) is 13.2 Å². The van der Waals surface area contributed by atoms with Crippen LogP contribution in [0.25, 0.3) is 11.1 Å². The van der Waals surface area contributed by atoms with Crippen molar-refractivity contribution < 1.29 is 18.0 Å². The summed E-state index contributed by atoms with van der Waals surface area (Å²) in [5, 5.41) is 3.32. The van der Waals surface area contributed by atoms with E-state index < -0.39 is 17.5 Å². The Morgan fingerprint density at radius 3 is 2.24 bits per heavy atom. The maximum atomic E-state index is 13.4. The van der Waals surface area contributed by atoms with Gasteiger partial charge in [0.05, 0.1) is 0 Å². The molecule has 2 unspecified atom stereocenters. The molecule has 1 N–H and O–H groups in total. The Bertz CT molecular complexity index is 769. The van der Waals surface area contributed by atoms with Crippen LogP contribution in [-0.4, -0.2) is 36.0 Å². The fraction of sp³-hybridized carbons (Fsp3) is 0.316. The molecule has 2 aromatic carbocycles. The van der Waals surface area contributed by atoms with E-state index in [0.717, 1.165) is 18.7 Å². The molecule has 6 heteroatoms. The third kappa shape index (κ3) is 3.39. The molecule has 2 atom stereocenters. The molecular formula is C19H19F3N2O. The number of amides is 1. The Morgan fingerprint density at radius 2 is 1.64 bits per heavy atom. The van der Waals surface area contributed by atoms with Crippen LogP contribution in [0, 0.1) is 17.5 Å². The molecule has 2 aromatic rings. The Labute approximate surface area is 144 Å². The van der Waals surface area contributed by atoms with Crippen molar-refractivity contribution in [3.05, 3.63) is 59.4 Å². The van der Waals surface area contributed by atoms with Crippen LogP contribution in [0.2, 0.25) is 0 Å². The highest BCUT2D eigenvalue weighted by atomic mass is 19.2. The van der Waals surface area contributed by atoms with Gasteiger partial charge in [0.15, 0.2) is 17.5 Å². The number of hydrogen-bond acceptors (Lipinski definition) is 2. The average molecular weight is 348 g/mol. The van der Waals surface area contributed by atoms with E-state index in [-0.39, 0.29) is 23.6 Å². The molecule has 1 fully saturated rings. The average Bonchev–Trinajstić information content (AvgIpc) is 2.61. The normalized spacial score (nSPS) is 20.6. The van der Waals surface area contributed by atoms with E-state index in [0.29, 0.717) is 17.7 Å². The fourth-order valence-electron chi connectivity index (χ4n) is 3.04. The number of hydrogen-bond donors (Lipinski definition) is 1. The predicted molar refractivity (Wildman–Crippen MR) is 89.7 cm³/mol. The first-order valence-corrected chi connectivity index (χ1v) is 8.18. The quantitative estimate of drug-likeness (QED) is 0.841. The molecule has 132 valence electrons. The number of piperazine rings is 1. The van der Waals surface area contributed by atoms with E-state index in [4.69, 9.17) is 0 Å². The van der Waals surface area contributed by atoms with Crippen LogP contribution in [-0.2, 0) is 0 Å². The fourth-order valence-corrected chi connectivity index (χ4v) is 3.04. The Hall–Kier alpha value is -2.34. The number of rotatable bonds is 2. The van der Waals surface area contributed by atoms with Gasteiger partial charge in [-0.15, -0.1) is 0 Å². The molecule has 25 heavy (non-hydrogen) atoms. The van der Waals surface area contributed by atoms with Gasteiger partial charge in [0.1, 0.15) is 0 Å². The first kappa shape index (κ1) is 17.5. The van der Waals surface area contributed by atoms with E-state index in [1.54, 1.807) is 24.3 Å². The second kappa shape index (κ2) is 6.88. The van der Waals surface area contributed by atoms with E-state index in [2.05, 4.69) is 5.32 Å². The van der Waals surface area contributed by atoms with Crippen molar-refractivity contribution in [1.82, 2.24) is 10.2 Å². The lowest BCUT2D eigenvalue weighted by Gasteiger charge is -2.38. The van der Waals surface area contributed by atoms with Crippen LogP contribution in [0.5, 0.6) is 0 Å². The van der Waals surface area contributed by atoms with Crippen molar-refractivity contribution in [3.63, 3.8) is 0 Å². The van der Waals surface area contributed by atoms with Crippen LogP contribution in [0.15, 0.2) is 36.4 Å². The molecule has 1 heterocycles. The van der Waals surface area contributed by atoms with Gasteiger partial charge in [-0.3, -0.25) is 4.79 Å². The lowest BCUT2D eigenvalue weighted by molar-refractivity contribution is 0.0603. The minimum absolute atomic E-state index is 0.0706. The van der Waals surface area contributed by atoms with Gasteiger partial charge in [0.25, 0.3) is 5.91 Å². The van der Waals surface area contributed by atoms with Crippen LogP contribution in [0.3, 0.4) is 0 Å². The highest BCUT2D eigenvalue weighted by Gasteiger charge is 2.28. The summed E-state index contributed by atoms with van der Waals surface area (Å²) in [5.41, 5.74) is 1.24. The third-order valence-electron chi connectivity index (χ3n) is 4.74. The van der Waals surface area contributed by atoms with Gasteiger partial charge in [0.2, 0.25) is 0 Å². The summed E-state index contributed by atoms with van der Waals surface area (Å²) in [7, 11) is 0. The number of nitrogens with zero attached hydrogens (tertiary/aromatic N) is 1. The summed E-state index contributed by atoms with van der Waals surface area (Å²) < 4.78 is 39.8. The van der Waals surface area contributed by atoms with Crippen LogP contribution >= 0.6 is 0 Å². The van der Waals surface area contributed by atoms with Crippen molar-refractivity contribution in [2.45, 2.75) is 25.9 Å². The number of halogens is 3. The molecule has 0 radical (unpaired) electrons. The highest BCUT2D eigenvalue weighted by molar-refractivity contribution is 5.95. The zero-order valence-corrected chi connectivity index (χ0v) is 14.0. The Balaban J connectivity index is 1.84. The van der Waals surface area contributed by atoms with Crippen molar-refractivity contribution in [2.75, 3.05) is 13.1 Å². The first-order chi connectivity index (χ1) is 11.9. The van der Waals surface area contributed by atoms with E-state index in [1.807, 2.05) is 18.7 Å². The summed E-state index contributed by atoms with van der Waals surface area (Å²) in [6, 6.07) is 8.62. The smallest absolute Gasteiger partial charge is 0.254 e. The largest absolute Gasteiger partial charge is 0.333 e. The lowest BCUT2D eigenvalue weighted by atomic mass is 10.0. The number of nitrogens with one attached hydrogen (secondary N) is 1. The van der Waals surface area contributed by atoms with Gasteiger partial charge in [-0.05, 0) is 49.2 Å². The first-order valence-electron chi connectivity index (χ1n) is 8.18. The monoisotopic (exact) mass is 348 g/mol. The molecule has 1 aliphatic heterocycles. The van der Waals surface area contributed by atoms with Gasteiger partial charge < -0.3 is 10.2 Å². The molecule has 3 rings (SSSR count). The van der Waals surface area contributed by atoms with Crippen LogP contribution in [0.1, 0.15) is 24.2 Å². The molecule has 0 spiro atoms. The van der Waals surface area contributed by atoms with Gasteiger partial charge in [-0.2, -0.15) is 0 Å². The third-order valence-corrected chi connectivity index (χ3v) is 4.74. The number of carbonyl (C=O) groups excluding carboxylic acids is 1.